The molecule has 0 aliphatic rings. The molecule has 0 spiro atoms. The Morgan fingerprint density at radius 2 is 1.80 bits per heavy atom. The van der Waals surface area contributed by atoms with Crippen LogP contribution in [0.3, 0.4) is 0 Å². The van der Waals surface area contributed by atoms with Crippen LogP contribution in [-0.2, 0) is 13.2 Å². The third-order valence-electron chi connectivity index (χ3n) is 2.84. The quantitative estimate of drug-likeness (QED) is 0.647. The van der Waals surface area contributed by atoms with Crippen molar-refractivity contribution in [2.45, 2.75) is 13.2 Å². The molecular formula is C14H13BrN2O3. The van der Waals surface area contributed by atoms with E-state index in [1.807, 2.05) is 30.3 Å². The summed E-state index contributed by atoms with van der Waals surface area (Å²) in [6.45, 7) is 0.506. The van der Waals surface area contributed by atoms with E-state index in [1.165, 1.54) is 0 Å². The van der Waals surface area contributed by atoms with Gasteiger partial charge in [0, 0.05) is 18.3 Å². The zero-order valence-corrected chi connectivity index (χ0v) is 12.1. The number of halogens is 1. The van der Waals surface area contributed by atoms with Gasteiger partial charge >= 0.3 is 0 Å². The Kier molecular flexibility index (Phi) is 4.70. The molecule has 0 radical (unpaired) electrons. The van der Waals surface area contributed by atoms with Crippen LogP contribution < -0.4 is 5.32 Å². The van der Waals surface area contributed by atoms with Gasteiger partial charge in [-0.3, -0.25) is 10.1 Å². The van der Waals surface area contributed by atoms with Crippen molar-refractivity contribution in [3.63, 3.8) is 0 Å². The summed E-state index contributed by atoms with van der Waals surface area (Å²) in [5.41, 5.74) is 2.62. The van der Waals surface area contributed by atoms with Gasteiger partial charge in [-0.1, -0.05) is 18.2 Å². The maximum absolute atomic E-state index is 10.9. The molecule has 0 aromatic heterocycles. The van der Waals surface area contributed by atoms with Crippen LogP contribution in [0.5, 0.6) is 0 Å². The van der Waals surface area contributed by atoms with Crippen molar-refractivity contribution in [2.24, 2.45) is 0 Å². The van der Waals surface area contributed by atoms with Crippen LogP contribution in [-0.4, -0.2) is 10.0 Å². The van der Waals surface area contributed by atoms with E-state index < -0.39 is 4.92 Å². The maximum Gasteiger partial charge on any atom is 0.283 e. The highest BCUT2D eigenvalue weighted by Crippen LogP contribution is 2.26. The molecule has 2 aromatic carbocycles. The molecule has 0 aliphatic carbocycles. The van der Waals surface area contributed by atoms with Crippen LogP contribution in [0.4, 0.5) is 11.4 Å². The van der Waals surface area contributed by atoms with Crippen molar-refractivity contribution in [3.8, 4) is 0 Å². The molecular weight excluding hydrogens is 324 g/mol. The van der Waals surface area contributed by atoms with E-state index >= 15 is 0 Å². The van der Waals surface area contributed by atoms with Crippen LogP contribution >= 0.6 is 15.9 Å². The van der Waals surface area contributed by atoms with Crippen molar-refractivity contribution in [1.29, 1.82) is 0 Å². The molecule has 0 heterocycles. The van der Waals surface area contributed by atoms with E-state index in [-0.39, 0.29) is 12.3 Å². The normalized spacial score (nSPS) is 10.3. The van der Waals surface area contributed by atoms with Crippen LogP contribution in [0.1, 0.15) is 11.1 Å². The molecule has 104 valence electrons. The molecule has 0 aliphatic heterocycles. The van der Waals surface area contributed by atoms with E-state index in [0.29, 0.717) is 11.0 Å². The summed E-state index contributed by atoms with van der Waals surface area (Å²) in [4.78, 5) is 10.4. The van der Waals surface area contributed by atoms with Gasteiger partial charge in [0.2, 0.25) is 0 Å². The number of rotatable bonds is 5. The van der Waals surface area contributed by atoms with Crippen molar-refractivity contribution in [3.05, 3.63) is 68.2 Å². The second-order valence-electron chi connectivity index (χ2n) is 4.25. The Morgan fingerprint density at radius 1 is 1.15 bits per heavy atom. The second-order valence-corrected chi connectivity index (χ2v) is 5.11. The first-order valence-electron chi connectivity index (χ1n) is 5.96. The highest BCUT2D eigenvalue weighted by atomic mass is 79.9. The van der Waals surface area contributed by atoms with E-state index in [9.17, 15) is 10.1 Å². The number of benzene rings is 2. The molecule has 0 fully saturated rings. The summed E-state index contributed by atoms with van der Waals surface area (Å²) in [7, 11) is 0. The lowest BCUT2D eigenvalue weighted by Crippen LogP contribution is -2.00. The fourth-order valence-electron chi connectivity index (χ4n) is 1.74. The fourth-order valence-corrected chi connectivity index (χ4v) is 2.13. The summed E-state index contributed by atoms with van der Waals surface area (Å²) in [6.07, 6.45) is 0. The van der Waals surface area contributed by atoms with Crippen molar-refractivity contribution in [1.82, 2.24) is 0 Å². The van der Waals surface area contributed by atoms with E-state index in [1.54, 1.807) is 12.1 Å². The third-order valence-corrected chi connectivity index (χ3v) is 3.51. The number of aliphatic hydroxyl groups is 1. The van der Waals surface area contributed by atoms with Crippen molar-refractivity contribution < 1.29 is 10.0 Å². The Balaban J connectivity index is 2.06. The monoisotopic (exact) mass is 336 g/mol. The summed E-state index contributed by atoms with van der Waals surface area (Å²) in [5.74, 6) is 0. The lowest BCUT2D eigenvalue weighted by Gasteiger charge is -2.07. The minimum Gasteiger partial charge on any atom is -0.392 e. The highest BCUT2D eigenvalue weighted by Gasteiger charge is 2.11. The summed E-state index contributed by atoms with van der Waals surface area (Å²) >= 11 is 3.16. The van der Waals surface area contributed by atoms with Gasteiger partial charge in [-0.05, 0) is 45.3 Å². The van der Waals surface area contributed by atoms with Crippen LogP contribution in [0, 0.1) is 10.1 Å². The molecule has 2 N–H and O–H groups in total. The van der Waals surface area contributed by atoms with Gasteiger partial charge in [0.05, 0.1) is 16.0 Å². The number of hydrogen-bond donors (Lipinski definition) is 2. The topological polar surface area (TPSA) is 75.4 Å². The summed E-state index contributed by atoms with van der Waals surface area (Å²) in [6, 6.07) is 12.4. The largest absolute Gasteiger partial charge is 0.392 e. The standard InChI is InChI=1S/C14H13BrN2O3/c15-13-6-3-11(7-14(13)17(19)20)8-16-12-4-1-10(9-18)2-5-12/h1-7,16,18H,8-9H2. The second kappa shape index (κ2) is 6.49. The molecule has 0 saturated heterocycles. The first kappa shape index (κ1) is 14.5. The lowest BCUT2D eigenvalue weighted by molar-refractivity contribution is -0.385. The zero-order valence-electron chi connectivity index (χ0n) is 10.5. The molecule has 0 unspecified atom stereocenters. The SMILES string of the molecule is O=[N+]([O-])c1cc(CNc2ccc(CO)cc2)ccc1Br. The van der Waals surface area contributed by atoms with Gasteiger partial charge in [-0.25, -0.2) is 0 Å². The minimum atomic E-state index is -0.413. The van der Waals surface area contributed by atoms with Crippen LogP contribution in [0.15, 0.2) is 46.9 Å². The number of hydrogen-bond acceptors (Lipinski definition) is 4. The van der Waals surface area contributed by atoms with Gasteiger partial charge in [-0.2, -0.15) is 0 Å². The molecule has 2 rings (SSSR count). The predicted molar refractivity (Wildman–Crippen MR) is 80.5 cm³/mol. The van der Waals surface area contributed by atoms with E-state index in [2.05, 4.69) is 21.2 Å². The minimum absolute atomic E-state index is 0.0131. The number of nitro groups is 1. The molecule has 2 aromatic rings. The first-order valence-corrected chi connectivity index (χ1v) is 6.76. The van der Waals surface area contributed by atoms with Gasteiger partial charge in [0.15, 0.2) is 0 Å². The average Bonchev–Trinajstić information content (AvgIpc) is 2.46. The molecule has 0 saturated carbocycles. The number of anilines is 1. The van der Waals surface area contributed by atoms with E-state index in [4.69, 9.17) is 5.11 Å². The number of nitrogens with one attached hydrogen (secondary N) is 1. The smallest absolute Gasteiger partial charge is 0.283 e. The first-order chi connectivity index (χ1) is 9.60. The maximum atomic E-state index is 10.9. The Labute approximate surface area is 124 Å². The third kappa shape index (κ3) is 3.55. The molecule has 0 bridgehead atoms. The molecule has 0 atom stereocenters. The van der Waals surface area contributed by atoms with Gasteiger partial charge in [0.25, 0.3) is 5.69 Å². The molecule has 5 nitrogen and oxygen atoms in total. The van der Waals surface area contributed by atoms with Crippen LogP contribution in [0.25, 0.3) is 0 Å². The number of aliphatic hydroxyl groups excluding tert-OH is 1. The Morgan fingerprint density at radius 3 is 2.40 bits per heavy atom. The van der Waals surface area contributed by atoms with Crippen LogP contribution in [0.2, 0.25) is 0 Å². The highest BCUT2D eigenvalue weighted by molar-refractivity contribution is 9.10. The Hall–Kier alpha value is -1.92. The number of nitrogens with zero attached hydrogens (tertiary/aromatic N) is 1. The summed E-state index contributed by atoms with van der Waals surface area (Å²) < 4.78 is 0.471. The summed E-state index contributed by atoms with van der Waals surface area (Å²) in [5, 5.41) is 23.0. The van der Waals surface area contributed by atoms with Gasteiger partial charge < -0.3 is 10.4 Å². The molecule has 20 heavy (non-hydrogen) atoms. The van der Waals surface area contributed by atoms with Gasteiger partial charge in [-0.15, -0.1) is 0 Å². The van der Waals surface area contributed by atoms with Gasteiger partial charge in [0.1, 0.15) is 0 Å². The van der Waals surface area contributed by atoms with Crippen molar-refractivity contribution in [2.75, 3.05) is 5.32 Å². The zero-order chi connectivity index (χ0) is 14.5. The lowest BCUT2D eigenvalue weighted by atomic mass is 10.2. The Bertz CT molecular complexity index is 614. The predicted octanol–water partition coefficient (Wildman–Crippen LogP) is 3.46. The fraction of sp³-hybridized carbons (Fsp3) is 0.143. The molecule has 6 heteroatoms. The number of nitro benzene ring substituents is 1. The average molecular weight is 337 g/mol. The molecule has 0 amide bonds. The van der Waals surface area contributed by atoms with Crippen molar-refractivity contribution >= 4 is 27.3 Å². The van der Waals surface area contributed by atoms with E-state index in [0.717, 1.165) is 16.8 Å².